The smallest absolute Gasteiger partial charge is 0.256 e. The molecule has 0 atom stereocenters. The van der Waals surface area contributed by atoms with E-state index in [0.29, 0.717) is 18.7 Å². The number of likely N-dealkylation sites (N-methyl/N-ethyl adjacent to an activating group) is 1. The van der Waals surface area contributed by atoms with E-state index in [9.17, 15) is 4.79 Å². The fourth-order valence-electron chi connectivity index (χ4n) is 1.28. The first-order valence-corrected chi connectivity index (χ1v) is 5.87. The Labute approximate surface area is 107 Å². The highest BCUT2D eigenvalue weighted by Gasteiger charge is 2.15. The molecule has 94 valence electrons. The largest absolute Gasteiger partial charge is 0.377 e. The van der Waals surface area contributed by atoms with E-state index < -0.39 is 0 Å². The molecule has 17 heavy (non-hydrogen) atoms. The van der Waals surface area contributed by atoms with Crippen molar-refractivity contribution >= 4 is 17.5 Å². The minimum atomic E-state index is -0.143. The summed E-state index contributed by atoms with van der Waals surface area (Å²) in [7, 11) is 1.72. The maximum absolute atomic E-state index is 12.0. The number of amides is 1. The van der Waals surface area contributed by atoms with Crippen LogP contribution in [-0.4, -0.2) is 42.1 Å². The topological polar surface area (TPSA) is 42.4 Å². The Hall–Kier alpha value is -1.13. The standard InChI is InChI=1S/C12H17ClN2O2/c1-9(2)17-8-7-15(3)12(16)10-5-4-6-14-11(10)13/h4-6,9H,7-8H2,1-3H3. The molecule has 0 bridgehead atoms. The Bertz CT molecular complexity index is 383. The van der Waals surface area contributed by atoms with Gasteiger partial charge >= 0.3 is 0 Å². The lowest BCUT2D eigenvalue weighted by molar-refractivity contribution is 0.0532. The van der Waals surface area contributed by atoms with Crippen LogP contribution in [0.5, 0.6) is 0 Å². The predicted molar refractivity (Wildman–Crippen MR) is 67.3 cm³/mol. The van der Waals surface area contributed by atoms with Crippen LogP contribution in [0.1, 0.15) is 24.2 Å². The van der Waals surface area contributed by atoms with Gasteiger partial charge < -0.3 is 9.64 Å². The number of hydrogen-bond acceptors (Lipinski definition) is 3. The fraction of sp³-hybridized carbons (Fsp3) is 0.500. The van der Waals surface area contributed by atoms with Crippen LogP contribution in [0.3, 0.4) is 0 Å². The summed E-state index contributed by atoms with van der Waals surface area (Å²) < 4.78 is 5.39. The van der Waals surface area contributed by atoms with Crippen LogP contribution in [0.2, 0.25) is 5.15 Å². The Morgan fingerprint density at radius 2 is 2.29 bits per heavy atom. The lowest BCUT2D eigenvalue weighted by atomic mass is 10.2. The average molecular weight is 257 g/mol. The van der Waals surface area contributed by atoms with Gasteiger partial charge in [-0.25, -0.2) is 4.98 Å². The second-order valence-electron chi connectivity index (χ2n) is 3.99. The van der Waals surface area contributed by atoms with Crippen molar-refractivity contribution in [3.63, 3.8) is 0 Å². The molecule has 0 saturated heterocycles. The zero-order valence-electron chi connectivity index (χ0n) is 10.3. The Balaban J connectivity index is 2.55. The van der Waals surface area contributed by atoms with E-state index in [2.05, 4.69) is 4.98 Å². The molecule has 0 saturated carbocycles. The highest BCUT2D eigenvalue weighted by atomic mass is 35.5. The third kappa shape index (κ3) is 4.32. The number of aromatic nitrogens is 1. The number of carbonyl (C=O) groups excluding carboxylic acids is 1. The third-order valence-electron chi connectivity index (χ3n) is 2.21. The first kappa shape index (κ1) is 13.9. The van der Waals surface area contributed by atoms with Gasteiger partial charge in [0.15, 0.2) is 0 Å². The van der Waals surface area contributed by atoms with Gasteiger partial charge in [0, 0.05) is 19.8 Å². The first-order chi connectivity index (χ1) is 8.02. The SMILES string of the molecule is CC(C)OCCN(C)C(=O)c1cccnc1Cl. The Morgan fingerprint density at radius 1 is 1.59 bits per heavy atom. The van der Waals surface area contributed by atoms with E-state index in [1.807, 2.05) is 13.8 Å². The first-order valence-electron chi connectivity index (χ1n) is 5.50. The summed E-state index contributed by atoms with van der Waals surface area (Å²) in [5.41, 5.74) is 0.418. The van der Waals surface area contributed by atoms with Crippen molar-refractivity contribution in [1.29, 1.82) is 0 Å². The van der Waals surface area contributed by atoms with Gasteiger partial charge in [-0.05, 0) is 26.0 Å². The van der Waals surface area contributed by atoms with E-state index in [-0.39, 0.29) is 17.2 Å². The van der Waals surface area contributed by atoms with E-state index in [0.717, 1.165) is 0 Å². The molecule has 0 fully saturated rings. The van der Waals surface area contributed by atoms with Gasteiger partial charge in [0.25, 0.3) is 5.91 Å². The van der Waals surface area contributed by atoms with Crippen molar-refractivity contribution in [1.82, 2.24) is 9.88 Å². The molecule has 0 aliphatic rings. The van der Waals surface area contributed by atoms with Crippen molar-refractivity contribution in [2.24, 2.45) is 0 Å². The monoisotopic (exact) mass is 256 g/mol. The number of halogens is 1. The van der Waals surface area contributed by atoms with Crippen LogP contribution in [0.25, 0.3) is 0 Å². The molecule has 1 rings (SSSR count). The van der Waals surface area contributed by atoms with Crippen LogP contribution in [0, 0.1) is 0 Å². The van der Waals surface area contributed by atoms with Crippen LogP contribution < -0.4 is 0 Å². The van der Waals surface area contributed by atoms with Crippen LogP contribution >= 0.6 is 11.6 Å². The van der Waals surface area contributed by atoms with Crippen molar-refractivity contribution in [2.45, 2.75) is 20.0 Å². The zero-order chi connectivity index (χ0) is 12.8. The molecule has 1 aromatic heterocycles. The summed E-state index contributed by atoms with van der Waals surface area (Å²) in [5.74, 6) is -0.143. The van der Waals surface area contributed by atoms with Crippen molar-refractivity contribution in [2.75, 3.05) is 20.2 Å². The molecule has 0 aliphatic heterocycles. The van der Waals surface area contributed by atoms with Gasteiger partial charge in [-0.3, -0.25) is 4.79 Å². The molecule has 0 aromatic carbocycles. The molecule has 0 N–H and O–H groups in total. The zero-order valence-corrected chi connectivity index (χ0v) is 11.1. The van der Waals surface area contributed by atoms with Crippen LogP contribution in [-0.2, 0) is 4.74 Å². The normalized spacial score (nSPS) is 10.6. The summed E-state index contributed by atoms with van der Waals surface area (Å²) in [6.07, 6.45) is 1.72. The Kier molecular flexibility index (Phi) is 5.38. The third-order valence-corrected chi connectivity index (χ3v) is 2.52. The van der Waals surface area contributed by atoms with Crippen molar-refractivity contribution < 1.29 is 9.53 Å². The lowest BCUT2D eigenvalue weighted by Crippen LogP contribution is -2.31. The van der Waals surface area contributed by atoms with Gasteiger partial charge in [0.05, 0.1) is 18.3 Å². The molecule has 1 aromatic rings. The molecule has 0 spiro atoms. The maximum atomic E-state index is 12.0. The summed E-state index contributed by atoms with van der Waals surface area (Å²) in [6, 6.07) is 3.36. The van der Waals surface area contributed by atoms with E-state index >= 15 is 0 Å². The quantitative estimate of drug-likeness (QED) is 0.759. The van der Waals surface area contributed by atoms with Gasteiger partial charge in [0.1, 0.15) is 5.15 Å². The second kappa shape index (κ2) is 6.57. The molecule has 0 unspecified atom stereocenters. The van der Waals surface area contributed by atoms with Crippen LogP contribution in [0.15, 0.2) is 18.3 Å². The highest BCUT2D eigenvalue weighted by molar-refractivity contribution is 6.32. The molecule has 1 heterocycles. The van der Waals surface area contributed by atoms with Gasteiger partial charge in [0.2, 0.25) is 0 Å². The van der Waals surface area contributed by atoms with Gasteiger partial charge in [-0.2, -0.15) is 0 Å². The fourth-order valence-corrected chi connectivity index (χ4v) is 1.48. The average Bonchev–Trinajstić information content (AvgIpc) is 2.28. The van der Waals surface area contributed by atoms with Crippen molar-refractivity contribution in [3.05, 3.63) is 29.0 Å². The number of rotatable bonds is 5. The van der Waals surface area contributed by atoms with Crippen LogP contribution in [0.4, 0.5) is 0 Å². The van der Waals surface area contributed by atoms with Crippen molar-refractivity contribution in [3.8, 4) is 0 Å². The van der Waals surface area contributed by atoms with Gasteiger partial charge in [-0.15, -0.1) is 0 Å². The predicted octanol–water partition coefficient (Wildman–Crippen LogP) is 2.23. The second-order valence-corrected chi connectivity index (χ2v) is 4.35. The number of nitrogens with zero attached hydrogens (tertiary/aromatic N) is 2. The molecule has 1 amide bonds. The Morgan fingerprint density at radius 3 is 2.88 bits per heavy atom. The minimum absolute atomic E-state index is 0.143. The molecule has 0 aliphatic carbocycles. The number of pyridine rings is 1. The molecular formula is C12H17ClN2O2. The number of hydrogen-bond donors (Lipinski definition) is 0. The highest BCUT2D eigenvalue weighted by Crippen LogP contribution is 2.13. The molecular weight excluding hydrogens is 240 g/mol. The summed E-state index contributed by atoms with van der Waals surface area (Å²) in [4.78, 5) is 17.4. The summed E-state index contributed by atoms with van der Waals surface area (Å²) >= 11 is 5.86. The van der Waals surface area contributed by atoms with E-state index in [1.165, 1.54) is 0 Å². The van der Waals surface area contributed by atoms with E-state index in [4.69, 9.17) is 16.3 Å². The lowest BCUT2D eigenvalue weighted by Gasteiger charge is -2.18. The van der Waals surface area contributed by atoms with Gasteiger partial charge in [-0.1, -0.05) is 11.6 Å². The molecule has 5 heteroatoms. The number of ether oxygens (including phenoxy) is 1. The molecule has 4 nitrogen and oxygen atoms in total. The number of carbonyl (C=O) groups is 1. The summed E-state index contributed by atoms with van der Waals surface area (Å²) in [6.45, 7) is 4.96. The summed E-state index contributed by atoms with van der Waals surface area (Å²) in [5, 5.41) is 0.231. The molecule has 0 radical (unpaired) electrons. The van der Waals surface area contributed by atoms with E-state index in [1.54, 1.807) is 30.3 Å². The minimum Gasteiger partial charge on any atom is -0.377 e. The maximum Gasteiger partial charge on any atom is 0.256 e.